The summed E-state index contributed by atoms with van der Waals surface area (Å²) < 4.78 is 0. The van der Waals surface area contributed by atoms with Crippen LogP contribution in [-0.4, -0.2) is 22.5 Å². The van der Waals surface area contributed by atoms with Gasteiger partial charge in [-0.25, -0.2) is 0 Å². The first kappa shape index (κ1) is 16.1. The number of carbonyl (C=O) groups excluding carboxylic acids is 1. The van der Waals surface area contributed by atoms with E-state index in [1.54, 1.807) is 18.2 Å². The van der Waals surface area contributed by atoms with E-state index in [0.29, 0.717) is 19.4 Å². The van der Waals surface area contributed by atoms with E-state index in [0.717, 1.165) is 17.5 Å². The van der Waals surface area contributed by atoms with E-state index in [4.69, 9.17) is 0 Å². The van der Waals surface area contributed by atoms with Gasteiger partial charge in [-0.3, -0.25) is 4.79 Å². The lowest BCUT2D eigenvalue weighted by Crippen LogP contribution is -2.25. The highest BCUT2D eigenvalue weighted by atomic mass is 16.3. The van der Waals surface area contributed by atoms with E-state index < -0.39 is 0 Å². The second-order valence-corrected chi connectivity index (χ2v) is 6.13. The summed E-state index contributed by atoms with van der Waals surface area (Å²) in [6.07, 6.45) is 3.88. The average molecular weight is 322 g/mol. The zero-order chi connectivity index (χ0) is 16.9. The molecule has 0 saturated heterocycles. The maximum atomic E-state index is 12.0. The number of H-pyrrole nitrogens is 1. The van der Waals surface area contributed by atoms with E-state index in [2.05, 4.69) is 35.4 Å². The molecule has 24 heavy (non-hydrogen) atoms. The Balaban J connectivity index is 1.48. The number of aromatic hydroxyl groups is 1. The van der Waals surface area contributed by atoms with Gasteiger partial charge in [0, 0.05) is 30.1 Å². The van der Waals surface area contributed by atoms with Crippen LogP contribution < -0.4 is 5.32 Å². The fourth-order valence-corrected chi connectivity index (χ4v) is 2.90. The van der Waals surface area contributed by atoms with Gasteiger partial charge in [0.15, 0.2) is 0 Å². The Bertz CT molecular complexity index is 852. The summed E-state index contributed by atoms with van der Waals surface area (Å²) in [5.41, 5.74) is 4.56. The number of nitrogens with one attached hydrogen (secondary N) is 2. The van der Waals surface area contributed by atoms with Gasteiger partial charge in [0.25, 0.3) is 0 Å². The van der Waals surface area contributed by atoms with Crippen molar-refractivity contribution in [3.63, 3.8) is 0 Å². The molecule has 1 heterocycles. The van der Waals surface area contributed by atoms with E-state index in [1.807, 2.05) is 12.3 Å². The van der Waals surface area contributed by atoms with Crippen molar-refractivity contribution in [1.82, 2.24) is 10.3 Å². The molecule has 4 heteroatoms. The average Bonchev–Trinajstić information content (AvgIpc) is 2.95. The number of rotatable bonds is 6. The maximum Gasteiger partial charge on any atom is 0.220 e. The molecule has 0 radical (unpaired) electrons. The van der Waals surface area contributed by atoms with Crippen molar-refractivity contribution in [2.24, 2.45) is 0 Å². The molecule has 1 amide bonds. The molecule has 0 aliphatic carbocycles. The largest absolute Gasteiger partial charge is 0.508 e. The quantitative estimate of drug-likeness (QED) is 0.650. The Kier molecular flexibility index (Phi) is 4.85. The molecule has 0 bridgehead atoms. The second-order valence-electron chi connectivity index (χ2n) is 6.13. The summed E-state index contributed by atoms with van der Waals surface area (Å²) in [6.45, 7) is 2.70. The predicted octanol–water partition coefficient (Wildman–Crippen LogP) is 3.47. The minimum absolute atomic E-state index is 0.0361. The van der Waals surface area contributed by atoms with Gasteiger partial charge >= 0.3 is 0 Å². The standard InChI is InChI=1S/C20H22N2O2/c1-14-5-7-18-16(13-22-19(18)11-14)9-10-21-20(24)8-6-15-3-2-4-17(23)12-15/h2-5,7,11-13,22-23H,6,8-10H2,1H3,(H,21,24). The molecule has 0 unspecified atom stereocenters. The summed E-state index contributed by atoms with van der Waals surface area (Å²) in [6, 6.07) is 13.4. The van der Waals surface area contributed by atoms with Crippen LogP contribution in [0.5, 0.6) is 5.75 Å². The number of benzene rings is 2. The second kappa shape index (κ2) is 7.21. The number of phenols is 1. The van der Waals surface area contributed by atoms with E-state index in [9.17, 15) is 9.90 Å². The summed E-state index contributed by atoms with van der Waals surface area (Å²) >= 11 is 0. The van der Waals surface area contributed by atoms with E-state index >= 15 is 0 Å². The van der Waals surface area contributed by atoms with Crippen LogP contribution in [0.4, 0.5) is 0 Å². The third-order valence-electron chi connectivity index (χ3n) is 4.19. The molecule has 3 rings (SSSR count). The number of aryl methyl sites for hydroxylation is 2. The Labute approximate surface area is 141 Å². The van der Waals surface area contributed by atoms with Crippen LogP contribution in [0.3, 0.4) is 0 Å². The number of aromatic nitrogens is 1. The van der Waals surface area contributed by atoms with Crippen LogP contribution >= 0.6 is 0 Å². The van der Waals surface area contributed by atoms with Crippen molar-refractivity contribution in [2.45, 2.75) is 26.2 Å². The fourth-order valence-electron chi connectivity index (χ4n) is 2.90. The number of amides is 1. The van der Waals surface area contributed by atoms with Crippen LogP contribution in [-0.2, 0) is 17.6 Å². The highest BCUT2D eigenvalue weighted by Crippen LogP contribution is 2.19. The van der Waals surface area contributed by atoms with Crippen LogP contribution in [0.1, 0.15) is 23.1 Å². The monoisotopic (exact) mass is 322 g/mol. The van der Waals surface area contributed by atoms with Crippen molar-refractivity contribution in [3.05, 3.63) is 65.4 Å². The third-order valence-corrected chi connectivity index (χ3v) is 4.19. The molecule has 1 aromatic heterocycles. The molecule has 3 N–H and O–H groups in total. The molecule has 0 atom stereocenters. The molecule has 0 spiro atoms. The molecule has 0 aliphatic heterocycles. The highest BCUT2D eigenvalue weighted by Gasteiger charge is 2.06. The van der Waals surface area contributed by atoms with Crippen LogP contribution in [0.15, 0.2) is 48.7 Å². The first-order chi connectivity index (χ1) is 11.6. The smallest absolute Gasteiger partial charge is 0.220 e. The van der Waals surface area contributed by atoms with Gasteiger partial charge in [0.2, 0.25) is 5.91 Å². The number of phenolic OH excluding ortho intramolecular Hbond substituents is 1. The number of hydrogen-bond acceptors (Lipinski definition) is 2. The summed E-state index contributed by atoms with van der Waals surface area (Å²) in [4.78, 5) is 15.2. The molecule has 4 nitrogen and oxygen atoms in total. The minimum atomic E-state index is 0.0361. The lowest BCUT2D eigenvalue weighted by Gasteiger charge is -2.05. The van der Waals surface area contributed by atoms with Crippen molar-refractivity contribution in [3.8, 4) is 5.75 Å². The molecule has 3 aromatic rings. The van der Waals surface area contributed by atoms with Gasteiger partial charge in [0.05, 0.1) is 0 Å². The number of hydrogen-bond donors (Lipinski definition) is 3. The van der Waals surface area contributed by atoms with Crippen LogP contribution in [0, 0.1) is 6.92 Å². The highest BCUT2D eigenvalue weighted by molar-refractivity contribution is 5.84. The zero-order valence-corrected chi connectivity index (χ0v) is 13.8. The Morgan fingerprint density at radius 3 is 2.88 bits per heavy atom. The van der Waals surface area contributed by atoms with Gasteiger partial charge in [0.1, 0.15) is 5.75 Å². The number of carbonyl (C=O) groups is 1. The normalized spacial score (nSPS) is 10.9. The third kappa shape index (κ3) is 3.96. The zero-order valence-electron chi connectivity index (χ0n) is 13.8. The minimum Gasteiger partial charge on any atom is -0.508 e. The van der Waals surface area contributed by atoms with Crippen molar-refractivity contribution >= 4 is 16.8 Å². The van der Waals surface area contributed by atoms with E-state index in [-0.39, 0.29) is 11.7 Å². The summed E-state index contributed by atoms with van der Waals surface area (Å²) in [7, 11) is 0. The Morgan fingerprint density at radius 2 is 2.04 bits per heavy atom. The molecular weight excluding hydrogens is 300 g/mol. The van der Waals surface area contributed by atoms with Gasteiger partial charge < -0.3 is 15.4 Å². The van der Waals surface area contributed by atoms with Gasteiger partial charge in [-0.1, -0.05) is 24.3 Å². The summed E-state index contributed by atoms with van der Waals surface area (Å²) in [5.74, 6) is 0.275. The van der Waals surface area contributed by atoms with Gasteiger partial charge in [-0.15, -0.1) is 0 Å². The van der Waals surface area contributed by atoms with Crippen molar-refractivity contribution in [1.29, 1.82) is 0 Å². The van der Waals surface area contributed by atoms with Crippen molar-refractivity contribution < 1.29 is 9.90 Å². The van der Waals surface area contributed by atoms with E-state index in [1.165, 1.54) is 16.5 Å². The first-order valence-corrected chi connectivity index (χ1v) is 8.23. The molecular formula is C20H22N2O2. The SMILES string of the molecule is Cc1ccc2c(CCNC(=O)CCc3cccc(O)c3)c[nH]c2c1. The molecule has 0 fully saturated rings. The fraction of sp³-hybridized carbons (Fsp3) is 0.250. The summed E-state index contributed by atoms with van der Waals surface area (Å²) in [5, 5.41) is 13.6. The van der Waals surface area contributed by atoms with Crippen molar-refractivity contribution in [2.75, 3.05) is 6.54 Å². The maximum absolute atomic E-state index is 12.0. The number of fused-ring (bicyclic) bond motifs is 1. The molecule has 2 aromatic carbocycles. The molecule has 0 saturated carbocycles. The lowest BCUT2D eigenvalue weighted by atomic mass is 10.1. The van der Waals surface area contributed by atoms with Gasteiger partial charge in [-0.05, 0) is 54.7 Å². The van der Waals surface area contributed by atoms with Crippen LogP contribution in [0.2, 0.25) is 0 Å². The number of aromatic amines is 1. The predicted molar refractivity (Wildman–Crippen MR) is 96.2 cm³/mol. The Hall–Kier alpha value is -2.75. The molecule has 0 aliphatic rings. The Morgan fingerprint density at radius 1 is 1.17 bits per heavy atom. The lowest BCUT2D eigenvalue weighted by molar-refractivity contribution is -0.121. The van der Waals surface area contributed by atoms with Crippen LogP contribution in [0.25, 0.3) is 10.9 Å². The van der Waals surface area contributed by atoms with Gasteiger partial charge in [-0.2, -0.15) is 0 Å². The first-order valence-electron chi connectivity index (χ1n) is 8.23. The molecule has 124 valence electrons. The topological polar surface area (TPSA) is 65.1 Å².